The van der Waals surface area contributed by atoms with Gasteiger partial charge in [0.1, 0.15) is 12.1 Å². The highest BCUT2D eigenvalue weighted by Gasteiger charge is 2.11. The molecule has 0 fully saturated rings. The summed E-state index contributed by atoms with van der Waals surface area (Å²) >= 11 is 0. The molecule has 1 aromatic heterocycles. The predicted molar refractivity (Wildman–Crippen MR) is 88.5 cm³/mol. The summed E-state index contributed by atoms with van der Waals surface area (Å²) in [5, 5.41) is 5.83. The van der Waals surface area contributed by atoms with Crippen LogP contribution in [-0.2, 0) is 0 Å². The quantitative estimate of drug-likeness (QED) is 0.766. The topological polar surface area (TPSA) is 37.8 Å². The molecule has 0 aliphatic rings. The first kappa shape index (κ1) is 13.6. The molecular formula is C18H19N3. The first-order chi connectivity index (χ1) is 10.3. The molecule has 0 aliphatic carbocycles. The third-order valence-electron chi connectivity index (χ3n) is 3.67. The van der Waals surface area contributed by atoms with E-state index < -0.39 is 0 Å². The van der Waals surface area contributed by atoms with Gasteiger partial charge in [-0.1, -0.05) is 49.4 Å². The second-order valence-corrected chi connectivity index (χ2v) is 5.15. The van der Waals surface area contributed by atoms with Crippen LogP contribution in [0.25, 0.3) is 22.0 Å². The lowest BCUT2D eigenvalue weighted by molar-refractivity contribution is 0.960. The van der Waals surface area contributed by atoms with Crippen LogP contribution in [0.4, 0.5) is 5.82 Å². The normalized spacial score (nSPS) is 10.8. The van der Waals surface area contributed by atoms with Crippen molar-refractivity contribution in [2.24, 2.45) is 0 Å². The van der Waals surface area contributed by atoms with E-state index in [-0.39, 0.29) is 0 Å². The fraction of sp³-hybridized carbons (Fsp3) is 0.222. The summed E-state index contributed by atoms with van der Waals surface area (Å²) in [6.45, 7) is 5.15. The molecule has 0 bridgehead atoms. The molecule has 0 unspecified atom stereocenters. The zero-order valence-corrected chi connectivity index (χ0v) is 12.4. The Morgan fingerprint density at radius 3 is 2.67 bits per heavy atom. The van der Waals surface area contributed by atoms with Crippen molar-refractivity contribution in [2.75, 3.05) is 11.9 Å². The van der Waals surface area contributed by atoms with Gasteiger partial charge < -0.3 is 5.32 Å². The summed E-state index contributed by atoms with van der Waals surface area (Å²) in [4.78, 5) is 8.88. The number of rotatable bonds is 4. The van der Waals surface area contributed by atoms with Gasteiger partial charge in [-0.05, 0) is 24.1 Å². The number of hydrogen-bond acceptors (Lipinski definition) is 3. The Balaban J connectivity index is 2.15. The van der Waals surface area contributed by atoms with Crippen LogP contribution >= 0.6 is 0 Å². The first-order valence-corrected chi connectivity index (χ1v) is 7.35. The third kappa shape index (κ3) is 2.59. The molecule has 3 rings (SSSR count). The number of aromatic nitrogens is 2. The highest BCUT2D eigenvalue weighted by atomic mass is 15.0. The van der Waals surface area contributed by atoms with Gasteiger partial charge in [-0.25, -0.2) is 9.97 Å². The maximum Gasteiger partial charge on any atom is 0.132 e. The van der Waals surface area contributed by atoms with E-state index >= 15 is 0 Å². The van der Waals surface area contributed by atoms with Gasteiger partial charge in [-0.2, -0.15) is 0 Å². The summed E-state index contributed by atoms with van der Waals surface area (Å²) in [7, 11) is 0. The molecule has 0 amide bonds. The lowest BCUT2D eigenvalue weighted by Gasteiger charge is -2.12. The van der Waals surface area contributed by atoms with Crippen molar-refractivity contribution in [3.05, 3.63) is 54.4 Å². The van der Waals surface area contributed by atoms with E-state index in [2.05, 4.69) is 71.6 Å². The van der Waals surface area contributed by atoms with Crippen molar-refractivity contribution < 1.29 is 0 Å². The monoisotopic (exact) mass is 277 g/mol. The molecule has 1 N–H and O–H groups in total. The Hall–Kier alpha value is -2.42. The SMILES string of the molecule is CCCNc1ncnc(-c2cccc3ccccc23)c1C. The number of hydrogen-bond donors (Lipinski definition) is 1. The van der Waals surface area contributed by atoms with Gasteiger partial charge in [0.2, 0.25) is 0 Å². The summed E-state index contributed by atoms with van der Waals surface area (Å²) in [6.07, 6.45) is 2.72. The number of nitrogens with zero attached hydrogens (tertiary/aromatic N) is 2. The van der Waals surface area contributed by atoms with Gasteiger partial charge in [-0.15, -0.1) is 0 Å². The molecule has 3 nitrogen and oxygen atoms in total. The van der Waals surface area contributed by atoms with E-state index in [1.165, 1.54) is 10.8 Å². The number of anilines is 1. The maximum atomic E-state index is 4.52. The van der Waals surface area contributed by atoms with Gasteiger partial charge in [0, 0.05) is 17.7 Å². The minimum atomic E-state index is 0.923. The van der Waals surface area contributed by atoms with Crippen molar-refractivity contribution in [3.63, 3.8) is 0 Å². The van der Waals surface area contributed by atoms with E-state index in [1.54, 1.807) is 6.33 Å². The zero-order chi connectivity index (χ0) is 14.7. The Kier molecular flexibility index (Phi) is 3.82. The predicted octanol–water partition coefficient (Wildman–Crippen LogP) is 4.43. The maximum absolute atomic E-state index is 4.52. The van der Waals surface area contributed by atoms with Gasteiger partial charge in [0.05, 0.1) is 5.69 Å². The molecule has 21 heavy (non-hydrogen) atoms. The molecule has 0 radical (unpaired) electrons. The van der Waals surface area contributed by atoms with Gasteiger partial charge >= 0.3 is 0 Å². The summed E-state index contributed by atoms with van der Waals surface area (Å²) in [6, 6.07) is 14.7. The van der Waals surface area contributed by atoms with E-state index in [9.17, 15) is 0 Å². The van der Waals surface area contributed by atoms with E-state index in [0.717, 1.165) is 35.6 Å². The molecule has 106 valence electrons. The van der Waals surface area contributed by atoms with Crippen LogP contribution in [0.15, 0.2) is 48.8 Å². The fourth-order valence-corrected chi connectivity index (χ4v) is 2.58. The molecule has 3 heteroatoms. The minimum absolute atomic E-state index is 0.923. The average molecular weight is 277 g/mol. The first-order valence-electron chi connectivity index (χ1n) is 7.35. The van der Waals surface area contributed by atoms with Crippen molar-refractivity contribution in [2.45, 2.75) is 20.3 Å². The van der Waals surface area contributed by atoms with Crippen LogP contribution in [-0.4, -0.2) is 16.5 Å². The van der Waals surface area contributed by atoms with Gasteiger partial charge in [0.25, 0.3) is 0 Å². The second kappa shape index (κ2) is 5.92. The van der Waals surface area contributed by atoms with Gasteiger partial charge in [-0.3, -0.25) is 0 Å². The molecule has 0 aliphatic heterocycles. The number of nitrogens with one attached hydrogen (secondary N) is 1. The van der Waals surface area contributed by atoms with Crippen LogP contribution in [0.5, 0.6) is 0 Å². The fourth-order valence-electron chi connectivity index (χ4n) is 2.58. The lowest BCUT2D eigenvalue weighted by Crippen LogP contribution is -2.05. The lowest BCUT2D eigenvalue weighted by atomic mass is 9.99. The zero-order valence-electron chi connectivity index (χ0n) is 12.4. The van der Waals surface area contributed by atoms with Gasteiger partial charge in [0.15, 0.2) is 0 Å². The average Bonchev–Trinajstić information content (AvgIpc) is 2.53. The minimum Gasteiger partial charge on any atom is -0.370 e. The molecule has 3 aromatic rings. The second-order valence-electron chi connectivity index (χ2n) is 5.15. The Labute approximate surface area is 125 Å². The highest BCUT2D eigenvalue weighted by Crippen LogP contribution is 2.30. The third-order valence-corrected chi connectivity index (χ3v) is 3.67. The van der Waals surface area contributed by atoms with E-state index in [0.29, 0.717) is 0 Å². The van der Waals surface area contributed by atoms with Crippen LogP contribution in [0.2, 0.25) is 0 Å². The Morgan fingerprint density at radius 2 is 1.81 bits per heavy atom. The molecule has 2 aromatic carbocycles. The van der Waals surface area contributed by atoms with Crippen molar-refractivity contribution >= 4 is 16.6 Å². The summed E-state index contributed by atoms with van der Waals surface area (Å²) in [5.41, 5.74) is 3.26. The van der Waals surface area contributed by atoms with Crippen molar-refractivity contribution in [1.82, 2.24) is 9.97 Å². The van der Waals surface area contributed by atoms with Crippen LogP contribution in [0.1, 0.15) is 18.9 Å². The largest absolute Gasteiger partial charge is 0.370 e. The highest BCUT2D eigenvalue weighted by molar-refractivity contribution is 5.96. The molecular weight excluding hydrogens is 258 g/mol. The van der Waals surface area contributed by atoms with Crippen molar-refractivity contribution in [1.29, 1.82) is 0 Å². The van der Waals surface area contributed by atoms with E-state index in [1.807, 2.05) is 0 Å². The van der Waals surface area contributed by atoms with E-state index in [4.69, 9.17) is 0 Å². The Bertz CT molecular complexity index is 760. The molecule has 0 saturated carbocycles. The number of benzene rings is 2. The van der Waals surface area contributed by atoms with Crippen molar-refractivity contribution in [3.8, 4) is 11.3 Å². The summed E-state index contributed by atoms with van der Waals surface area (Å²) < 4.78 is 0. The van der Waals surface area contributed by atoms with Crippen LogP contribution < -0.4 is 5.32 Å². The number of fused-ring (bicyclic) bond motifs is 1. The Morgan fingerprint density at radius 1 is 1.00 bits per heavy atom. The molecule has 0 atom stereocenters. The van der Waals surface area contributed by atoms with Crippen LogP contribution in [0.3, 0.4) is 0 Å². The van der Waals surface area contributed by atoms with Crippen LogP contribution in [0, 0.1) is 6.92 Å². The summed E-state index contributed by atoms with van der Waals surface area (Å²) in [5.74, 6) is 0.926. The molecule has 0 spiro atoms. The molecule has 0 saturated heterocycles. The standard InChI is InChI=1S/C18H19N3/c1-3-11-19-18-13(2)17(20-12-21-18)16-10-6-8-14-7-4-5-9-15(14)16/h4-10,12H,3,11H2,1-2H3,(H,19,20,21). The molecule has 1 heterocycles. The smallest absolute Gasteiger partial charge is 0.132 e.